The highest BCUT2D eigenvalue weighted by molar-refractivity contribution is 7.87. The molecule has 1 unspecified atom stereocenters. The summed E-state index contributed by atoms with van der Waals surface area (Å²) in [5, 5.41) is 0. The number of alkyl halides is 1. The van der Waals surface area contributed by atoms with E-state index in [0.717, 1.165) is 10.3 Å². The zero-order chi connectivity index (χ0) is 13.8. The average Bonchev–Trinajstić information content (AvgIpc) is 2.62. The molecule has 0 aromatic carbocycles. The Labute approximate surface area is 110 Å². The molecule has 0 aromatic heterocycles. The summed E-state index contributed by atoms with van der Waals surface area (Å²) >= 11 is 0. The van der Waals surface area contributed by atoms with Crippen LogP contribution in [0.5, 0.6) is 0 Å². The molecular weight excluding hydrogens is 275 g/mol. The SMILES string of the molecule is C[Si](C)(C)CCOCNS(=O)(=O)N1CCCC1F. The Bertz CT molecular complexity index is 359. The fourth-order valence-electron chi connectivity index (χ4n) is 1.62. The average molecular weight is 298 g/mol. The van der Waals surface area contributed by atoms with Gasteiger partial charge in [0.2, 0.25) is 0 Å². The summed E-state index contributed by atoms with van der Waals surface area (Å²) < 4.78 is 45.1. The van der Waals surface area contributed by atoms with E-state index in [0.29, 0.717) is 13.0 Å². The van der Waals surface area contributed by atoms with Crippen molar-refractivity contribution in [3.05, 3.63) is 0 Å². The van der Waals surface area contributed by atoms with Crippen LogP contribution in [-0.4, -0.2) is 47.0 Å². The fraction of sp³-hybridized carbons (Fsp3) is 1.00. The Morgan fingerprint density at radius 1 is 1.44 bits per heavy atom. The second kappa shape index (κ2) is 6.42. The van der Waals surface area contributed by atoms with Crippen molar-refractivity contribution < 1.29 is 17.5 Å². The lowest BCUT2D eigenvalue weighted by Gasteiger charge is -2.19. The van der Waals surface area contributed by atoms with Crippen molar-refractivity contribution in [3.8, 4) is 0 Å². The summed E-state index contributed by atoms with van der Waals surface area (Å²) in [6, 6.07) is 0.976. The first-order valence-corrected chi connectivity index (χ1v) is 11.4. The Kier molecular flexibility index (Phi) is 5.72. The molecule has 0 radical (unpaired) electrons. The van der Waals surface area contributed by atoms with E-state index in [1.165, 1.54) is 0 Å². The van der Waals surface area contributed by atoms with Gasteiger partial charge in [-0.1, -0.05) is 19.6 Å². The number of hydrogen-bond donors (Lipinski definition) is 1. The molecule has 0 amide bonds. The second-order valence-electron chi connectivity index (χ2n) is 5.70. The highest BCUT2D eigenvalue weighted by atomic mass is 32.2. The number of nitrogens with one attached hydrogen (secondary N) is 1. The predicted molar refractivity (Wildman–Crippen MR) is 71.9 cm³/mol. The maximum atomic E-state index is 13.3. The zero-order valence-corrected chi connectivity index (χ0v) is 13.1. The van der Waals surface area contributed by atoms with Crippen molar-refractivity contribution >= 4 is 18.3 Å². The van der Waals surface area contributed by atoms with Crippen LogP contribution in [0.4, 0.5) is 4.39 Å². The molecule has 1 aliphatic rings. The molecule has 18 heavy (non-hydrogen) atoms. The van der Waals surface area contributed by atoms with Crippen LogP contribution in [0.1, 0.15) is 12.8 Å². The van der Waals surface area contributed by atoms with Crippen molar-refractivity contribution in [2.45, 2.75) is 44.8 Å². The first-order chi connectivity index (χ1) is 8.22. The largest absolute Gasteiger partial charge is 0.366 e. The number of hydrogen-bond acceptors (Lipinski definition) is 3. The Balaban J connectivity index is 2.26. The van der Waals surface area contributed by atoms with Gasteiger partial charge in [-0.2, -0.15) is 17.4 Å². The molecule has 5 nitrogen and oxygen atoms in total. The van der Waals surface area contributed by atoms with E-state index >= 15 is 0 Å². The molecule has 1 N–H and O–H groups in total. The summed E-state index contributed by atoms with van der Waals surface area (Å²) in [5.74, 6) is 0. The van der Waals surface area contributed by atoms with Crippen LogP contribution in [0.3, 0.4) is 0 Å². The Hall–Kier alpha value is -0.0231. The first-order valence-electron chi connectivity index (χ1n) is 6.21. The predicted octanol–water partition coefficient (Wildman–Crippen LogP) is 1.52. The number of nitrogens with zero attached hydrogens (tertiary/aromatic N) is 1. The van der Waals surface area contributed by atoms with Crippen LogP contribution < -0.4 is 4.72 Å². The third-order valence-corrected chi connectivity index (χ3v) is 6.00. The molecule has 1 aliphatic heterocycles. The molecule has 1 fully saturated rings. The highest BCUT2D eigenvalue weighted by Crippen LogP contribution is 2.20. The van der Waals surface area contributed by atoms with Gasteiger partial charge in [0.15, 0.2) is 6.30 Å². The van der Waals surface area contributed by atoms with Gasteiger partial charge in [0, 0.05) is 21.2 Å². The lowest BCUT2D eigenvalue weighted by molar-refractivity contribution is 0.139. The molecule has 1 heterocycles. The summed E-state index contributed by atoms with van der Waals surface area (Å²) in [6.45, 7) is 7.36. The normalized spacial score (nSPS) is 22.6. The minimum absolute atomic E-state index is 0.0873. The van der Waals surface area contributed by atoms with Gasteiger partial charge in [-0.15, -0.1) is 0 Å². The molecule has 8 heteroatoms. The van der Waals surface area contributed by atoms with Crippen molar-refractivity contribution in [2.24, 2.45) is 0 Å². The summed E-state index contributed by atoms with van der Waals surface area (Å²) in [4.78, 5) is 0. The van der Waals surface area contributed by atoms with E-state index in [1.54, 1.807) is 0 Å². The first kappa shape index (κ1) is 16.0. The van der Waals surface area contributed by atoms with Gasteiger partial charge >= 0.3 is 0 Å². The standard InChI is InChI=1S/C10H23FN2O3SSi/c1-18(2,3)8-7-16-9-12-17(14,15)13-6-4-5-10(13)11/h10,12H,4-9H2,1-3H3. The van der Waals surface area contributed by atoms with Crippen LogP contribution in [0, 0.1) is 0 Å². The molecule has 0 spiro atoms. The smallest absolute Gasteiger partial charge is 0.283 e. The van der Waals surface area contributed by atoms with E-state index in [-0.39, 0.29) is 19.7 Å². The molecule has 0 bridgehead atoms. The molecular formula is C10H23FN2O3SSi. The van der Waals surface area contributed by atoms with Gasteiger partial charge in [0.1, 0.15) is 6.73 Å². The minimum Gasteiger partial charge on any atom is -0.366 e. The van der Waals surface area contributed by atoms with Gasteiger partial charge in [-0.3, -0.25) is 0 Å². The Morgan fingerprint density at radius 2 is 2.11 bits per heavy atom. The van der Waals surface area contributed by atoms with Crippen molar-refractivity contribution in [3.63, 3.8) is 0 Å². The molecule has 0 aliphatic carbocycles. The number of rotatable bonds is 7. The summed E-state index contributed by atoms with van der Waals surface area (Å²) in [7, 11) is -4.89. The van der Waals surface area contributed by atoms with E-state index < -0.39 is 24.6 Å². The molecule has 1 atom stereocenters. The molecule has 0 aromatic rings. The quantitative estimate of drug-likeness (QED) is 0.335. The lowest BCUT2D eigenvalue weighted by atomic mass is 10.4. The third kappa shape index (κ3) is 5.31. The lowest BCUT2D eigenvalue weighted by Crippen LogP contribution is -2.42. The number of halogens is 1. The van der Waals surface area contributed by atoms with Crippen LogP contribution in [0.25, 0.3) is 0 Å². The van der Waals surface area contributed by atoms with Crippen molar-refractivity contribution in [1.82, 2.24) is 9.03 Å². The summed E-state index contributed by atoms with van der Waals surface area (Å²) in [6.07, 6.45) is -0.555. The molecule has 1 rings (SSSR count). The van der Waals surface area contributed by atoms with Gasteiger partial charge in [0.25, 0.3) is 10.2 Å². The maximum Gasteiger partial charge on any atom is 0.283 e. The van der Waals surface area contributed by atoms with Crippen LogP contribution in [0.2, 0.25) is 25.7 Å². The van der Waals surface area contributed by atoms with Crippen molar-refractivity contribution in [1.29, 1.82) is 0 Å². The monoisotopic (exact) mass is 298 g/mol. The van der Waals surface area contributed by atoms with Gasteiger partial charge in [0.05, 0.1) is 0 Å². The van der Waals surface area contributed by atoms with E-state index in [4.69, 9.17) is 4.74 Å². The number of ether oxygens (including phenoxy) is 1. The van der Waals surface area contributed by atoms with Crippen LogP contribution in [0.15, 0.2) is 0 Å². The van der Waals surface area contributed by atoms with Gasteiger partial charge in [-0.05, 0) is 18.9 Å². The highest BCUT2D eigenvalue weighted by Gasteiger charge is 2.33. The zero-order valence-electron chi connectivity index (χ0n) is 11.3. The minimum atomic E-state index is -3.73. The third-order valence-electron chi connectivity index (χ3n) is 2.78. The Morgan fingerprint density at radius 3 is 2.61 bits per heavy atom. The second-order valence-corrected chi connectivity index (χ2v) is 13.0. The maximum absolute atomic E-state index is 13.3. The molecule has 108 valence electrons. The molecule has 1 saturated heterocycles. The van der Waals surface area contributed by atoms with Crippen LogP contribution >= 0.6 is 0 Å². The van der Waals surface area contributed by atoms with Crippen molar-refractivity contribution in [2.75, 3.05) is 19.9 Å². The van der Waals surface area contributed by atoms with E-state index in [9.17, 15) is 12.8 Å². The van der Waals surface area contributed by atoms with Gasteiger partial charge in [-0.25, -0.2) is 4.39 Å². The van der Waals surface area contributed by atoms with Gasteiger partial charge < -0.3 is 4.74 Å². The summed E-state index contributed by atoms with van der Waals surface area (Å²) in [5.41, 5.74) is 0. The van der Waals surface area contributed by atoms with Crippen LogP contribution in [-0.2, 0) is 14.9 Å². The molecule has 0 saturated carbocycles. The van der Waals surface area contributed by atoms with E-state index in [2.05, 4.69) is 24.4 Å². The topological polar surface area (TPSA) is 58.6 Å². The van der Waals surface area contributed by atoms with E-state index in [1.807, 2.05) is 0 Å². The fourth-order valence-corrected chi connectivity index (χ4v) is 3.55.